The molecule has 1 saturated carbocycles. The Morgan fingerprint density at radius 3 is 1.57 bits per heavy atom. The molecule has 0 aromatic heterocycles. The third kappa shape index (κ3) is 1.40. The largest absolute Gasteiger partial charge is 0.481 e. The highest BCUT2D eigenvalue weighted by molar-refractivity contribution is 6.53. The first kappa shape index (κ1) is 15.6. The van der Waals surface area contributed by atoms with Gasteiger partial charge in [0.25, 0.3) is 0 Å². The Balaban J connectivity index is 2.35. The van der Waals surface area contributed by atoms with Crippen LogP contribution in [0.25, 0.3) is 0 Å². The molecule has 2 bridgehead atoms. The fourth-order valence-corrected chi connectivity index (χ4v) is 5.54. The van der Waals surface area contributed by atoms with Gasteiger partial charge in [0.15, 0.2) is 9.75 Å². The Morgan fingerprint density at radius 1 is 0.952 bits per heavy atom. The molecule has 1 aliphatic heterocycles. The summed E-state index contributed by atoms with van der Waals surface area (Å²) in [7, 11) is 0. The number of carboxylic acids is 2. The molecule has 4 atom stereocenters. The van der Waals surface area contributed by atoms with Crippen molar-refractivity contribution in [1.29, 1.82) is 0 Å². The summed E-state index contributed by atoms with van der Waals surface area (Å²) in [6, 6.07) is 0. The summed E-state index contributed by atoms with van der Waals surface area (Å²) in [4.78, 5) is 19.2. The number of hydrogen-bond donors (Lipinski definition) is 2. The van der Waals surface area contributed by atoms with Gasteiger partial charge in [-0.2, -0.15) is 0 Å². The predicted molar refractivity (Wildman–Crippen MR) is 72.8 cm³/mol. The molecule has 21 heavy (non-hydrogen) atoms. The summed E-state index contributed by atoms with van der Waals surface area (Å²) in [6.07, 6.45) is 0. The summed E-state index contributed by atoms with van der Waals surface area (Å²) in [6.45, 7) is 0.131. The van der Waals surface area contributed by atoms with Gasteiger partial charge in [0.05, 0.1) is 23.3 Å². The van der Waals surface area contributed by atoms with Gasteiger partial charge in [0.1, 0.15) is 11.8 Å². The Kier molecular flexibility index (Phi) is 3.28. The Bertz CT molecular complexity index is 541. The fraction of sp³-hybridized carbons (Fsp3) is 0.636. The standard InChI is InChI=1S/C11H8Cl4O6/c12-5-6(13)10(15)4(8(18)19)3(7(16)17)9(5,14)11(10)20-1-2-21-11/h3-4H,1-2H2,(H,16,17)(H,18,19). The number of ether oxygens (including phenoxy) is 2. The van der Waals surface area contributed by atoms with Crippen molar-refractivity contribution in [1.82, 2.24) is 0 Å². The molecule has 0 aromatic carbocycles. The number of carboxylic acid groups (broad SMARTS) is 2. The third-order valence-electron chi connectivity index (χ3n) is 4.21. The maximum absolute atomic E-state index is 11.6. The van der Waals surface area contributed by atoms with Crippen LogP contribution in [-0.4, -0.2) is 50.9 Å². The van der Waals surface area contributed by atoms with Crippen molar-refractivity contribution >= 4 is 58.3 Å². The van der Waals surface area contributed by atoms with Gasteiger partial charge < -0.3 is 19.7 Å². The highest BCUT2D eigenvalue weighted by atomic mass is 35.5. The minimum absolute atomic E-state index is 0.0654. The van der Waals surface area contributed by atoms with E-state index in [0.29, 0.717) is 0 Å². The van der Waals surface area contributed by atoms with E-state index in [0.717, 1.165) is 0 Å². The molecule has 2 aliphatic carbocycles. The zero-order valence-electron chi connectivity index (χ0n) is 10.1. The highest BCUT2D eigenvalue weighted by Crippen LogP contribution is 2.74. The monoisotopic (exact) mass is 376 g/mol. The van der Waals surface area contributed by atoms with E-state index >= 15 is 0 Å². The lowest BCUT2D eigenvalue weighted by Gasteiger charge is -2.38. The number of alkyl halides is 2. The molecule has 116 valence electrons. The van der Waals surface area contributed by atoms with Crippen LogP contribution in [-0.2, 0) is 19.1 Å². The van der Waals surface area contributed by atoms with E-state index in [1.54, 1.807) is 0 Å². The second-order valence-electron chi connectivity index (χ2n) is 5.00. The summed E-state index contributed by atoms with van der Waals surface area (Å²) < 4.78 is 10.9. The minimum atomic E-state index is -2.00. The molecule has 3 aliphatic rings. The molecule has 0 aromatic rings. The van der Waals surface area contributed by atoms with Crippen LogP contribution in [0.3, 0.4) is 0 Å². The molecule has 1 saturated heterocycles. The summed E-state index contributed by atoms with van der Waals surface area (Å²) in [5.74, 6) is -8.17. The van der Waals surface area contributed by atoms with E-state index in [1.807, 2.05) is 0 Å². The van der Waals surface area contributed by atoms with E-state index in [4.69, 9.17) is 55.9 Å². The average Bonchev–Trinajstić information content (AvgIpc) is 2.98. The lowest BCUT2D eigenvalue weighted by atomic mass is 9.82. The lowest BCUT2D eigenvalue weighted by molar-refractivity contribution is -0.177. The van der Waals surface area contributed by atoms with Crippen molar-refractivity contribution in [2.75, 3.05) is 13.2 Å². The van der Waals surface area contributed by atoms with Crippen molar-refractivity contribution in [3.63, 3.8) is 0 Å². The SMILES string of the molecule is O=C(O)C1C(C(=O)O)C2(Cl)C(Cl)=C(Cl)C1(Cl)C21OCCO1. The Hall–Kier alpha value is -0.240. The Morgan fingerprint density at radius 2 is 1.29 bits per heavy atom. The van der Waals surface area contributed by atoms with Gasteiger partial charge in [-0.1, -0.05) is 23.2 Å². The number of carbonyl (C=O) groups is 2. The van der Waals surface area contributed by atoms with Crippen LogP contribution in [0.4, 0.5) is 0 Å². The molecule has 0 radical (unpaired) electrons. The zero-order valence-corrected chi connectivity index (χ0v) is 13.1. The van der Waals surface area contributed by atoms with Gasteiger partial charge in [0, 0.05) is 0 Å². The molecule has 3 rings (SSSR count). The molecule has 6 nitrogen and oxygen atoms in total. The van der Waals surface area contributed by atoms with Crippen molar-refractivity contribution in [3.05, 3.63) is 10.1 Å². The van der Waals surface area contributed by atoms with E-state index in [9.17, 15) is 19.8 Å². The number of halogens is 4. The number of rotatable bonds is 2. The summed E-state index contributed by atoms with van der Waals surface area (Å²) in [5, 5.41) is 18.4. The quantitative estimate of drug-likeness (QED) is 0.713. The van der Waals surface area contributed by atoms with Crippen LogP contribution in [0, 0.1) is 11.8 Å². The highest BCUT2D eigenvalue weighted by Gasteiger charge is 2.88. The van der Waals surface area contributed by atoms with E-state index in [1.165, 1.54) is 0 Å². The van der Waals surface area contributed by atoms with Crippen LogP contribution >= 0.6 is 46.4 Å². The summed E-state index contributed by atoms with van der Waals surface area (Å²) >= 11 is 25.1. The molecular weight excluding hydrogens is 370 g/mol. The zero-order chi connectivity index (χ0) is 15.8. The van der Waals surface area contributed by atoms with Crippen LogP contribution in [0.1, 0.15) is 0 Å². The van der Waals surface area contributed by atoms with Crippen molar-refractivity contribution in [3.8, 4) is 0 Å². The molecule has 1 heterocycles. The van der Waals surface area contributed by atoms with Gasteiger partial charge in [-0.15, -0.1) is 23.2 Å². The van der Waals surface area contributed by atoms with Crippen LogP contribution < -0.4 is 0 Å². The van der Waals surface area contributed by atoms with Crippen molar-refractivity contribution in [2.24, 2.45) is 11.8 Å². The second kappa shape index (κ2) is 4.40. The van der Waals surface area contributed by atoms with E-state index < -0.39 is 39.3 Å². The first-order valence-electron chi connectivity index (χ1n) is 5.84. The third-order valence-corrected chi connectivity index (χ3v) is 6.82. The molecule has 0 amide bonds. The minimum Gasteiger partial charge on any atom is -0.481 e. The van der Waals surface area contributed by atoms with Crippen molar-refractivity contribution < 1.29 is 29.3 Å². The van der Waals surface area contributed by atoms with Gasteiger partial charge in [0.2, 0.25) is 5.79 Å². The number of aliphatic carboxylic acids is 2. The van der Waals surface area contributed by atoms with E-state index in [-0.39, 0.29) is 23.3 Å². The summed E-state index contributed by atoms with van der Waals surface area (Å²) in [5.41, 5.74) is 0. The fourth-order valence-electron chi connectivity index (χ4n) is 3.47. The topological polar surface area (TPSA) is 93.1 Å². The molecule has 4 unspecified atom stereocenters. The first-order chi connectivity index (χ1) is 9.66. The van der Waals surface area contributed by atoms with Crippen LogP contribution in [0.2, 0.25) is 0 Å². The predicted octanol–water partition coefficient (Wildman–Crippen LogP) is 1.80. The van der Waals surface area contributed by atoms with Gasteiger partial charge in [-0.25, -0.2) is 0 Å². The molecule has 2 N–H and O–H groups in total. The maximum atomic E-state index is 11.6. The maximum Gasteiger partial charge on any atom is 0.309 e. The van der Waals surface area contributed by atoms with Gasteiger partial charge >= 0.3 is 11.9 Å². The second-order valence-corrected chi connectivity index (χ2v) is 6.95. The molecule has 2 fully saturated rings. The molecule has 1 spiro atoms. The Labute approximate surface area is 138 Å². The lowest BCUT2D eigenvalue weighted by Crippen LogP contribution is -2.56. The van der Waals surface area contributed by atoms with E-state index in [2.05, 4.69) is 0 Å². The van der Waals surface area contributed by atoms with Crippen molar-refractivity contribution in [2.45, 2.75) is 15.5 Å². The van der Waals surface area contributed by atoms with Gasteiger partial charge in [-0.05, 0) is 0 Å². The normalized spacial score (nSPS) is 43.8. The van der Waals surface area contributed by atoms with Gasteiger partial charge in [-0.3, -0.25) is 9.59 Å². The smallest absolute Gasteiger partial charge is 0.309 e. The molecular formula is C11H8Cl4O6. The molecule has 10 heteroatoms. The van der Waals surface area contributed by atoms with Crippen LogP contribution in [0.5, 0.6) is 0 Å². The average molecular weight is 378 g/mol. The van der Waals surface area contributed by atoms with Crippen LogP contribution in [0.15, 0.2) is 10.1 Å². The first-order valence-corrected chi connectivity index (χ1v) is 7.35. The number of hydrogen-bond acceptors (Lipinski definition) is 4.